The van der Waals surface area contributed by atoms with Gasteiger partial charge in [0.15, 0.2) is 0 Å². The molecule has 65 valence electrons. The second-order valence-corrected chi connectivity index (χ2v) is 3.15. The normalized spacial score (nSPS) is 10.2. The number of unbranched alkanes of at least 4 members (excludes halogenated alkanes) is 1. The zero-order chi connectivity index (χ0) is 8.81. The van der Waals surface area contributed by atoms with E-state index in [0.717, 1.165) is 29.8 Å². The highest BCUT2D eigenvalue weighted by Gasteiger charge is 1.93. The molecule has 1 rings (SSSR count). The van der Waals surface area contributed by atoms with Crippen molar-refractivity contribution < 1.29 is 5.11 Å². The van der Waals surface area contributed by atoms with Crippen LogP contribution in [-0.2, 0) is 6.42 Å². The summed E-state index contributed by atoms with van der Waals surface area (Å²) >= 11 is 5.70. The van der Waals surface area contributed by atoms with E-state index in [-0.39, 0.29) is 6.61 Å². The number of hydrogen-bond acceptors (Lipinski definition) is 1. The van der Waals surface area contributed by atoms with Gasteiger partial charge in [-0.3, -0.25) is 0 Å². The van der Waals surface area contributed by atoms with Crippen molar-refractivity contribution in [3.63, 3.8) is 0 Å². The Balaban J connectivity index is 2.37. The summed E-state index contributed by atoms with van der Waals surface area (Å²) in [6.45, 7) is 0.271. The van der Waals surface area contributed by atoms with Crippen LogP contribution in [0.1, 0.15) is 18.4 Å². The monoisotopic (exact) mass is 183 g/mol. The summed E-state index contributed by atoms with van der Waals surface area (Å²) in [6, 6.07) is 8.69. The highest BCUT2D eigenvalue weighted by Crippen LogP contribution is 2.10. The minimum absolute atomic E-state index is 0.271. The number of rotatable bonds is 4. The summed E-state index contributed by atoms with van der Waals surface area (Å²) in [7, 11) is 0. The van der Waals surface area contributed by atoms with Crippen molar-refractivity contribution in [2.24, 2.45) is 0 Å². The minimum atomic E-state index is 0.271. The quantitative estimate of drug-likeness (QED) is 0.712. The molecule has 1 N–H and O–H groups in total. The molecule has 0 aliphatic carbocycles. The second kappa shape index (κ2) is 5.18. The van der Waals surface area contributed by atoms with E-state index in [9.17, 15) is 0 Å². The van der Waals surface area contributed by atoms with Gasteiger partial charge in [0.1, 0.15) is 0 Å². The molecule has 0 saturated heterocycles. The standard InChI is InChI=1S/C10H12ClO/c11-10-6-4-9(5-7-10)3-1-2-8-12/h4,6-7,12H,1-3,8H2. The molecule has 0 atom stereocenters. The molecule has 1 nitrogen and oxygen atoms in total. The Bertz CT molecular complexity index is 218. The predicted molar refractivity (Wildman–Crippen MR) is 50.3 cm³/mol. The molecule has 12 heavy (non-hydrogen) atoms. The SMILES string of the molecule is OCCCCc1[c]cc(Cl)cc1. The van der Waals surface area contributed by atoms with Crippen LogP contribution in [0.3, 0.4) is 0 Å². The lowest BCUT2D eigenvalue weighted by Gasteiger charge is -1.98. The molecule has 0 aliphatic heterocycles. The van der Waals surface area contributed by atoms with Crippen LogP contribution in [0, 0.1) is 6.07 Å². The molecule has 0 aromatic heterocycles. The van der Waals surface area contributed by atoms with Crippen molar-refractivity contribution in [3.8, 4) is 0 Å². The summed E-state index contributed by atoms with van der Waals surface area (Å²) in [6.07, 6.45) is 2.84. The van der Waals surface area contributed by atoms with E-state index < -0.39 is 0 Å². The van der Waals surface area contributed by atoms with Crippen molar-refractivity contribution >= 4 is 11.6 Å². The average Bonchev–Trinajstić information content (AvgIpc) is 2.09. The smallest absolute Gasteiger partial charge is 0.0431 e. The van der Waals surface area contributed by atoms with Crippen LogP contribution in [0.4, 0.5) is 0 Å². The van der Waals surface area contributed by atoms with Crippen molar-refractivity contribution in [2.45, 2.75) is 19.3 Å². The molecule has 0 unspecified atom stereocenters. The van der Waals surface area contributed by atoms with Crippen LogP contribution in [0.2, 0.25) is 5.02 Å². The highest BCUT2D eigenvalue weighted by atomic mass is 35.5. The number of hydrogen-bond donors (Lipinski definition) is 1. The van der Waals surface area contributed by atoms with E-state index in [0.29, 0.717) is 0 Å². The van der Waals surface area contributed by atoms with Gasteiger partial charge in [-0.05, 0) is 43.0 Å². The van der Waals surface area contributed by atoms with Gasteiger partial charge in [0.2, 0.25) is 0 Å². The van der Waals surface area contributed by atoms with Crippen LogP contribution in [0.15, 0.2) is 18.2 Å². The van der Waals surface area contributed by atoms with Gasteiger partial charge in [-0.25, -0.2) is 0 Å². The van der Waals surface area contributed by atoms with E-state index in [2.05, 4.69) is 6.07 Å². The number of aliphatic hydroxyl groups is 1. The maximum absolute atomic E-state index is 8.56. The third-order valence-corrected chi connectivity index (χ3v) is 1.93. The van der Waals surface area contributed by atoms with Crippen LogP contribution < -0.4 is 0 Å². The zero-order valence-electron chi connectivity index (χ0n) is 6.89. The lowest BCUT2D eigenvalue weighted by atomic mass is 10.1. The average molecular weight is 184 g/mol. The lowest BCUT2D eigenvalue weighted by Crippen LogP contribution is -1.88. The van der Waals surface area contributed by atoms with Crippen LogP contribution >= 0.6 is 11.6 Å². The van der Waals surface area contributed by atoms with E-state index in [4.69, 9.17) is 16.7 Å². The third kappa shape index (κ3) is 3.24. The summed E-state index contributed by atoms with van der Waals surface area (Å²) in [4.78, 5) is 0. The fourth-order valence-electron chi connectivity index (χ4n) is 1.02. The first kappa shape index (κ1) is 9.56. The lowest BCUT2D eigenvalue weighted by molar-refractivity contribution is 0.284. The first-order valence-electron chi connectivity index (χ1n) is 4.10. The van der Waals surface area contributed by atoms with Gasteiger partial charge in [-0.1, -0.05) is 17.7 Å². The van der Waals surface area contributed by atoms with Gasteiger partial charge in [0.25, 0.3) is 0 Å². The minimum Gasteiger partial charge on any atom is -0.396 e. The summed E-state index contributed by atoms with van der Waals surface area (Å²) in [5, 5.41) is 9.28. The molecule has 0 aliphatic rings. The molecule has 0 fully saturated rings. The molecular weight excluding hydrogens is 172 g/mol. The third-order valence-electron chi connectivity index (χ3n) is 1.69. The van der Waals surface area contributed by atoms with Gasteiger partial charge >= 0.3 is 0 Å². The van der Waals surface area contributed by atoms with E-state index >= 15 is 0 Å². The molecule has 0 heterocycles. The zero-order valence-corrected chi connectivity index (χ0v) is 7.64. The number of aryl methyl sites for hydroxylation is 1. The van der Waals surface area contributed by atoms with Crippen molar-refractivity contribution in [1.82, 2.24) is 0 Å². The van der Waals surface area contributed by atoms with Gasteiger partial charge in [-0.2, -0.15) is 0 Å². The topological polar surface area (TPSA) is 20.2 Å². The summed E-state index contributed by atoms with van der Waals surface area (Å²) in [5.74, 6) is 0. The van der Waals surface area contributed by atoms with Gasteiger partial charge in [-0.15, -0.1) is 0 Å². The Morgan fingerprint density at radius 2 is 2.17 bits per heavy atom. The largest absolute Gasteiger partial charge is 0.396 e. The van der Waals surface area contributed by atoms with E-state index in [1.807, 2.05) is 12.1 Å². The molecule has 0 saturated carbocycles. The molecule has 1 radical (unpaired) electrons. The first-order chi connectivity index (χ1) is 5.83. The van der Waals surface area contributed by atoms with Crippen molar-refractivity contribution in [3.05, 3.63) is 34.9 Å². The molecule has 0 amide bonds. The van der Waals surface area contributed by atoms with Crippen molar-refractivity contribution in [1.29, 1.82) is 0 Å². The summed E-state index contributed by atoms with van der Waals surface area (Å²) in [5.41, 5.74) is 1.16. The second-order valence-electron chi connectivity index (χ2n) is 2.71. The van der Waals surface area contributed by atoms with E-state index in [1.165, 1.54) is 0 Å². The van der Waals surface area contributed by atoms with Crippen LogP contribution in [-0.4, -0.2) is 11.7 Å². The fourth-order valence-corrected chi connectivity index (χ4v) is 1.14. The first-order valence-corrected chi connectivity index (χ1v) is 4.47. The van der Waals surface area contributed by atoms with Crippen molar-refractivity contribution in [2.75, 3.05) is 6.61 Å². The Morgan fingerprint density at radius 1 is 1.33 bits per heavy atom. The number of halogens is 1. The number of aliphatic hydroxyl groups excluding tert-OH is 1. The number of benzene rings is 1. The Kier molecular flexibility index (Phi) is 4.12. The van der Waals surface area contributed by atoms with Crippen LogP contribution in [0.5, 0.6) is 0 Å². The summed E-state index contributed by atoms with van der Waals surface area (Å²) < 4.78 is 0. The highest BCUT2D eigenvalue weighted by molar-refractivity contribution is 6.30. The molecule has 1 aromatic carbocycles. The van der Waals surface area contributed by atoms with Gasteiger partial charge in [0.05, 0.1) is 0 Å². The molecule has 0 bridgehead atoms. The van der Waals surface area contributed by atoms with Crippen LogP contribution in [0.25, 0.3) is 0 Å². The molecule has 1 aromatic rings. The van der Waals surface area contributed by atoms with Gasteiger partial charge in [0, 0.05) is 11.6 Å². The van der Waals surface area contributed by atoms with E-state index in [1.54, 1.807) is 6.07 Å². The Hall–Kier alpha value is -0.530. The maximum Gasteiger partial charge on any atom is 0.0431 e. The fraction of sp³-hybridized carbons (Fsp3) is 0.400. The molecule has 0 spiro atoms. The predicted octanol–water partition coefficient (Wildman–Crippen LogP) is 2.46. The molecule has 2 heteroatoms. The van der Waals surface area contributed by atoms with Gasteiger partial charge < -0.3 is 5.11 Å². The Morgan fingerprint density at radius 3 is 2.75 bits per heavy atom. The molecular formula is C10H12ClO. The Labute approximate surface area is 78.0 Å². The maximum atomic E-state index is 8.56.